The summed E-state index contributed by atoms with van der Waals surface area (Å²) in [5, 5.41) is 9.69. The minimum absolute atomic E-state index is 0.147. The molecule has 37 heavy (non-hydrogen) atoms. The highest BCUT2D eigenvalue weighted by atomic mass is 16.1. The van der Waals surface area contributed by atoms with Crippen molar-refractivity contribution in [3.8, 4) is 11.3 Å². The predicted molar refractivity (Wildman–Crippen MR) is 147 cm³/mol. The molecule has 1 aliphatic heterocycles. The second kappa shape index (κ2) is 11.3. The fourth-order valence-electron chi connectivity index (χ4n) is 4.45. The Morgan fingerprint density at radius 3 is 2.59 bits per heavy atom. The Balaban J connectivity index is 1.26. The zero-order chi connectivity index (χ0) is 25.6. The molecule has 0 radical (unpaired) electrons. The van der Waals surface area contributed by atoms with E-state index in [1.165, 1.54) is 5.56 Å². The second-order valence-corrected chi connectivity index (χ2v) is 9.20. The number of nitrogens with zero attached hydrogens (tertiary/aromatic N) is 4. The maximum absolute atomic E-state index is 13.0. The molecule has 1 saturated heterocycles. The van der Waals surface area contributed by atoms with Crippen molar-refractivity contribution in [2.45, 2.75) is 19.9 Å². The Kier molecular flexibility index (Phi) is 7.49. The fourth-order valence-corrected chi connectivity index (χ4v) is 4.45. The summed E-state index contributed by atoms with van der Waals surface area (Å²) in [6.45, 7) is 8.31. The number of piperazine rings is 1. The number of amides is 1. The van der Waals surface area contributed by atoms with Crippen molar-refractivity contribution < 1.29 is 4.79 Å². The molecule has 5 rings (SSSR count). The van der Waals surface area contributed by atoms with Crippen molar-refractivity contribution in [3.63, 3.8) is 0 Å². The Morgan fingerprint density at radius 2 is 1.84 bits per heavy atom. The number of rotatable bonds is 7. The zero-order valence-electron chi connectivity index (χ0n) is 21.1. The molecule has 2 aromatic carbocycles. The molecule has 1 atom stereocenters. The van der Waals surface area contributed by atoms with Gasteiger partial charge in [-0.1, -0.05) is 18.2 Å². The molecule has 2 aromatic heterocycles. The lowest BCUT2D eigenvalue weighted by Gasteiger charge is -2.33. The van der Waals surface area contributed by atoms with E-state index in [0.717, 1.165) is 48.7 Å². The van der Waals surface area contributed by atoms with Crippen molar-refractivity contribution in [2.75, 3.05) is 36.8 Å². The number of hydrogen-bond acceptors (Lipinski definition) is 7. The lowest BCUT2D eigenvalue weighted by Crippen LogP contribution is -2.44. The number of carbonyl (C=O) groups is 1. The third-order valence-corrected chi connectivity index (χ3v) is 6.71. The Bertz CT molecular complexity index is 1350. The maximum Gasteiger partial charge on any atom is 0.255 e. The highest BCUT2D eigenvalue weighted by Gasteiger charge is 2.18. The SMILES string of the molecule is Cc1ccc(NC(=O)c2ccc(C(C)N3CCNCC3)cc2)cc1Nc1nccc(-c2cccnc2)n1. The summed E-state index contributed by atoms with van der Waals surface area (Å²) >= 11 is 0. The van der Waals surface area contributed by atoms with Gasteiger partial charge in [-0.05, 0) is 67.4 Å². The summed E-state index contributed by atoms with van der Waals surface area (Å²) in [5.41, 5.74) is 6.06. The van der Waals surface area contributed by atoms with Crippen molar-refractivity contribution in [1.82, 2.24) is 25.2 Å². The molecule has 0 aliphatic carbocycles. The summed E-state index contributed by atoms with van der Waals surface area (Å²) in [5.74, 6) is 0.327. The Labute approximate surface area is 217 Å². The average molecular weight is 494 g/mol. The number of nitrogens with one attached hydrogen (secondary N) is 3. The molecule has 0 saturated carbocycles. The van der Waals surface area contributed by atoms with Gasteiger partial charge in [0.15, 0.2) is 0 Å². The van der Waals surface area contributed by atoms with E-state index in [4.69, 9.17) is 0 Å². The van der Waals surface area contributed by atoms with Crippen LogP contribution < -0.4 is 16.0 Å². The van der Waals surface area contributed by atoms with Crippen LogP contribution in [-0.2, 0) is 0 Å². The average Bonchev–Trinajstić information content (AvgIpc) is 2.95. The number of hydrogen-bond donors (Lipinski definition) is 3. The van der Waals surface area contributed by atoms with Crippen molar-refractivity contribution in [3.05, 3.63) is 95.9 Å². The monoisotopic (exact) mass is 493 g/mol. The highest BCUT2D eigenvalue weighted by molar-refractivity contribution is 6.04. The number of anilines is 3. The van der Waals surface area contributed by atoms with Gasteiger partial charge < -0.3 is 16.0 Å². The summed E-state index contributed by atoms with van der Waals surface area (Å²) in [6.07, 6.45) is 5.21. The summed E-state index contributed by atoms with van der Waals surface area (Å²) in [4.78, 5) is 28.6. The molecular formula is C29H31N7O. The first-order valence-electron chi connectivity index (χ1n) is 12.5. The molecular weight excluding hydrogens is 462 g/mol. The number of benzene rings is 2. The lowest BCUT2D eigenvalue weighted by molar-refractivity contribution is 0.102. The molecule has 1 amide bonds. The molecule has 1 unspecified atom stereocenters. The maximum atomic E-state index is 13.0. The largest absolute Gasteiger partial charge is 0.324 e. The fraction of sp³-hybridized carbons (Fsp3) is 0.241. The van der Waals surface area contributed by atoms with Crippen molar-refractivity contribution in [1.29, 1.82) is 0 Å². The first kappa shape index (κ1) is 24.5. The third kappa shape index (κ3) is 5.99. The van der Waals surface area contributed by atoms with E-state index in [1.807, 2.05) is 55.5 Å². The van der Waals surface area contributed by atoms with Crippen LogP contribution in [0.5, 0.6) is 0 Å². The third-order valence-electron chi connectivity index (χ3n) is 6.71. The lowest BCUT2D eigenvalue weighted by atomic mass is 10.0. The van der Waals surface area contributed by atoms with Crippen LogP contribution in [0.4, 0.5) is 17.3 Å². The number of carbonyl (C=O) groups excluding carboxylic acids is 1. The van der Waals surface area contributed by atoms with Crippen molar-refractivity contribution in [2.24, 2.45) is 0 Å². The first-order chi connectivity index (χ1) is 18.1. The van der Waals surface area contributed by atoms with Gasteiger partial charge in [0.1, 0.15) is 0 Å². The van der Waals surface area contributed by atoms with Gasteiger partial charge >= 0.3 is 0 Å². The quantitative estimate of drug-likeness (QED) is 0.340. The molecule has 8 heteroatoms. The molecule has 188 valence electrons. The van der Waals surface area contributed by atoms with Gasteiger partial charge in [-0.2, -0.15) is 0 Å². The van der Waals surface area contributed by atoms with E-state index in [2.05, 4.69) is 54.9 Å². The summed E-state index contributed by atoms with van der Waals surface area (Å²) in [7, 11) is 0. The normalized spacial score (nSPS) is 14.6. The van der Waals surface area contributed by atoms with Gasteiger partial charge in [0.05, 0.1) is 5.69 Å². The van der Waals surface area contributed by atoms with Crippen LogP contribution in [0.1, 0.15) is 34.5 Å². The highest BCUT2D eigenvalue weighted by Crippen LogP contribution is 2.25. The van der Waals surface area contributed by atoms with E-state index in [0.29, 0.717) is 23.2 Å². The zero-order valence-corrected chi connectivity index (χ0v) is 21.1. The van der Waals surface area contributed by atoms with Crippen LogP contribution >= 0.6 is 0 Å². The van der Waals surface area contributed by atoms with Gasteiger partial charge in [0.25, 0.3) is 5.91 Å². The van der Waals surface area contributed by atoms with Crippen LogP contribution in [-0.4, -0.2) is 51.9 Å². The van der Waals surface area contributed by atoms with Crippen LogP contribution in [0, 0.1) is 6.92 Å². The van der Waals surface area contributed by atoms with Crippen LogP contribution in [0.2, 0.25) is 0 Å². The summed E-state index contributed by atoms with van der Waals surface area (Å²) < 4.78 is 0. The topological polar surface area (TPSA) is 95.1 Å². The molecule has 1 aliphatic rings. The first-order valence-corrected chi connectivity index (χ1v) is 12.5. The molecule has 4 aromatic rings. The number of aryl methyl sites for hydroxylation is 1. The van der Waals surface area contributed by atoms with Crippen LogP contribution in [0.25, 0.3) is 11.3 Å². The number of pyridine rings is 1. The second-order valence-electron chi connectivity index (χ2n) is 9.20. The molecule has 0 bridgehead atoms. The van der Waals surface area contributed by atoms with Gasteiger partial charge in [0, 0.05) is 73.3 Å². The minimum atomic E-state index is -0.147. The van der Waals surface area contributed by atoms with Crippen LogP contribution in [0.3, 0.4) is 0 Å². The van der Waals surface area contributed by atoms with E-state index in [9.17, 15) is 4.79 Å². The standard InChI is InChI=1S/C29H31N7O/c1-20-5-10-25(18-27(20)35-29-32-13-11-26(34-29)24-4-3-12-31-19-24)33-28(37)23-8-6-22(7-9-23)21(2)36-16-14-30-15-17-36/h3-13,18-19,21,30H,14-17H2,1-2H3,(H,33,37)(H,32,34,35). The Morgan fingerprint density at radius 1 is 1.03 bits per heavy atom. The molecule has 3 heterocycles. The predicted octanol–water partition coefficient (Wildman–Crippen LogP) is 4.81. The van der Waals surface area contributed by atoms with Gasteiger partial charge in [-0.15, -0.1) is 0 Å². The van der Waals surface area contributed by atoms with Crippen LogP contribution in [0.15, 0.2) is 79.3 Å². The van der Waals surface area contributed by atoms with Crippen molar-refractivity contribution >= 4 is 23.2 Å². The Hall–Kier alpha value is -4.14. The summed E-state index contributed by atoms with van der Waals surface area (Å²) in [6, 6.07) is 19.7. The smallest absolute Gasteiger partial charge is 0.255 e. The van der Waals surface area contributed by atoms with E-state index < -0.39 is 0 Å². The van der Waals surface area contributed by atoms with Gasteiger partial charge in [-0.25, -0.2) is 9.97 Å². The molecule has 0 spiro atoms. The van der Waals surface area contributed by atoms with Gasteiger partial charge in [-0.3, -0.25) is 14.7 Å². The minimum Gasteiger partial charge on any atom is -0.324 e. The van der Waals surface area contributed by atoms with E-state index in [1.54, 1.807) is 18.6 Å². The van der Waals surface area contributed by atoms with Gasteiger partial charge in [0.2, 0.25) is 5.95 Å². The van der Waals surface area contributed by atoms with E-state index >= 15 is 0 Å². The molecule has 3 N–H and O–H groups in total. The molecule has 8 nitrogen and oxygen atoms in total. The van der Waals surface area contributed by atoms with E-state index in [-0.39, 0.29) is 5.91 Å². The molecule has 1 fully saturated rings. The number of aromatic nitrogens is 3.